The first-order valence-corrected chi connectivity index (χ1v) is 11.0. The van der Waals surface area contributed by atoms with Gasteiger partial charge in [0.2, 0.25) is 5.95 Å². The van der Waals surface area contributed by atoms with Crippen molar-refractivity contribution in [3.63, 3.8) is 0 Å². The van der Waals surface area contributed by atoms with E-state index in [2.05, 4.69) is 19.9 Å². The highest BCUT2D eigenvalue weighted by atomic mass is 35.5. The van der Waals surface area contributed by atoms with Crippen molar-refractivity contribution in [3.05, 3.63) is 58.7 Å². The molecule has 3 aromatic heterocycles. The number of aromatic nitrogens is 5. The zero-order valence-electron chi connectivity index (χ0n) is 14.6. The second-order valence-corrected chi connectivity index (χ2v) is 9.44. The Labute approximate surface area is 179 Å². The molecular weight excluding hydrogens is 457 g/mol. The molecule has 0 saturated carbocycles. The molecule has 3 heterocycles. The molecule has 0 amide bonds. The minimum Gasteiger partial charge on any atom is -0.281 e. The second kappa shape index (κ2) is 7.47. The highest BCUT2D eigenvalue weighted by Crippen LogP contribution is 2.29. The number of hydrogen-bond donors (Lipinski definition) is 1. The van der Waals surface area contributed by atoms with E-state index >= 15 is 0 Å². The predicted molar refractivity (Wildman–Crippen MR) is 110 cm³/mol. The lowest BCUT2D eigenvalue weighted by atomic mass is 10.1. The van der Waals surface area contributed by atoms with E-state index in [0.29, 0.717) is 32.4 Å². The van der Waals surface area contributed by atoms with Gasteiger partial charge in [-0.3, -0.25) is 9.12 Å². The molecule has 0 aliphatic carbocycles. The molecule has 29 heavy (non-hydrogen) atoms. The van der Waals surface area contributed by atoms with E-state index in [1.165, 1.54) is 6.33 Å². The topological polar surface area (TPSA) is 111 Å². The fourth-order valence-corrected chi connectivity index (χ4v) is 4.26. The van der Waals surface area contributed by atoms with Gasteiger partial charge < -0.3 is 0 Å². The van der Waals surface area contributed by atoms with Crippen molar-refractivity contribution in [1.82, 2.24) is 24.5 Å². The number of benzene rings is 1. The van der Waals surface area contributed by atoms with Crippen LogP contribution in [-0.2, 0) is 10.1 Å². The first-order chi connectivity index (χ1) is 13.7. The number of thiazole rings is 1. The summed E-state index contributed by atoms with van der Waals surface area (Å²) in [6.45, 7) is 1.84. The minimum atomic E-state index is -4.31. The van der Waals surface area contributed by atoms with Gasteiger partial charge in [-0.2, -0.15) is 8.42 Å². The quantitative estimate of drug-likeness (QED) is 0.444. The van der Waals surface area contributed by atoms with E-state index in [1.54, 1.807) is 22.9 Å². The van der Waals surface area contributed by atoms with Crippen molar-refractivity contribution < 1.29 is 13.0 Å². The number of rotatable bonds is 4. The van der Waals surface area contributed by atoms with Crippen LogP contribution in [0.5, 0.6) is 0 Å². The van der Waals surface area contributed by atoms with Crippen LogP contribution in [0.1, 0.15) is 5.69 Å². The largest absolute Gasteiger partial charge is 0.305 e. The molecule has 0 fully saturated rings. The Morgan fingerprint density at radius 3 is 2.55 bits per heavy atom. The Morgan fingerprint density at radius 1 is 1.07 bits per heavy atom. The Kier molecular flexibility index (Phi) is 5.13. The van der Waals surface area contributed by atoms with Gasteiger partial charge in [-0.25, -0.2) is 19.9 Å². The number of aryl methyl sites for hydroxylation is 1. The molecule has 0 saturated heterocycles. The fourth-order valence-electron chi connectivity index (χ4n) is 2.51. The van der Waals surface area contributed by atoms with Gasteiger partial charge >= 0.3 is 10.1 Å². The van der Waals surface area contributed by atoms with Crippen LogP contribution in [0.15, 0.2) is 47.2 Å². The zero-order valence-corrected chi connectivity index (χ0v) is 17.8. The lowest BCUT2D eigenvalue weighted by Crippen LogP contribution is -2.01. The number of hydrogen-bond acceptors (Lipinski definition) is 7. The van der Waals surface area contributed by atoms with Crippen LogP contribution in [0.3, 0.4) is 0 Å². The third kappa shape index (κ3) is 4.16. The molecule has 1 N–H and O–H groups in total. The van der Waals surface area contributed by atoms with Gasteiger partial charge in [-0.1, -0.05) is 40.6 Å². The summed E-state index contributed by atoms with van der Waals surface area (Å²) in [4.78, 5) is 17.2. The zero-order chi connectivity index (χ0) is 20.8. The van der Waals surface area contributed by atoms with Gasteiger partial charge in [0.15, 0.2) is 4.21 Å². The van der Waals surface area contributed by atoms with Crippen LogP contribution < -0.4 is 0 Å². The fraction of sp³-hybridized carbons (Fsp3) is 0.0588. The summed E-state index contributed by atoms with van der Waals surface area (Å²) in [5.41, 5.74) is 2.59. The SMILES string of the molecule is Cc1cc(-c2ccc(Cl)c(Cl)c2)nc(-n2cnc(-c3ncc(S(=O)(=O)O)s3)c2)n1. The van der Waals surface area contributed by atoms with Crippen molar-refractivity contribution >= 4 is 44.7 Å². The second-order valence-electron chi connectivity index (χ2n) is 5.95. The van der Waals surface area contributed by atoms with Gasteiger partial charge in [0.1, 0.15) is 17.0 Å². The van der Waals surface area contributed by atoms with Crippen molar-refractivity contribution in [3.8, 4) is 27.9 Å². The summed E-state index contributed by atoms with van der Waals surface area (Å²) >= 11 is 12.9. The number of nitrogens with zero attached hydrogens (tertiary/aromatic N) is 5. The third-order valence-electron chi connectivity index (χ3n) is 3.83. The summed E-state index contributed by atoms with van der Waals surface area (Å²) in [5.74, 6) is 0.372. The smallest absolute Gasteiger partial charge is 0.281 e. The van der Waals surface area contributed by atoms with Gasteiger partial charge in [-0.15, -0.1) is 0 Å². The number of imidazole rings is 1. The van der Waals surface area contributed by atoms with Gasteiger partial charge in [0.05, 0.1) is 21.9 Å². The molecule has 0 aliphatic rings. The van der Waals surface area contributed by atoms with Gasteiger partial charge in [0.25, 0.3) is 0 Å². The highest BCUT2D eigenvalue weighted by molar-refractivity contribution is 7.88. The van der Waals surface area contributed by atoms with E-state index in [-0.39, 0.29) is 4.21 Å². The Balaban J connectivity index is 1.72. The van der Waals surface area contributed by atoms with Crippen LogP contribution in [0.2, 0.25) is 10.0 Å². The summed E-state index contributed by atoms with van der Waals surface area (Å²) in [5, 5.41) is 1.22. The van der Waals surface area contributed by atoms with Crippen LogP contribution in [-0.4, -0.2) is 37.5 Å². The maximum absolute atomic E-state index is 11.2. The van der Waals surface area contributed by atoms with Crippen molar-refractivity contribution in [2.24, 2.45) is 0 Å². The molecule has 0 radical (unpaired) electrons. The average Bonchev–Trinajstić information content (AvgIpc) is 3.32. The van der Waals surface area contributed by atoms with E-state index in [0.717, 1.165) is 28.8 Å². The molecule has 8 nitrogen and oxygen atoms in total. The van der Waals surface area contributed by atoms with Crippen LogP contribution >= 0.6 is 34.5 Å². The lowest BCUT2D eigenvalue weighted by molar-refractivity contribution is 0.485. The predicted octanol–water partition coefficient (Wildman–Crippen LogP) is 4.31. The summed E-state index contributed by atoms with van der Waals surface area (Å²) < 4.78 is 32.9. The first-order valence-electron chi connectivity index (χ1n) is 8.00. The third-order valence-corrected chi connectivity index (χ3v) is 6.88. The Bertz CT molecular complexity index is 1330. The molecule has 148 valence electrons. The highest BCUT2D eigenvalue weighted by Gasteiger charge is 2.17. The van der Waals surface area contributed by atoms with E-state index in [4.69, 9.17) is 27.8 Å². The van der Waals surface area contributed by atoms with Crippen molar-refractivity contribution in [2.45, 2.75) is 11.1 Å². The minimum absolute atomic E-state index is 0.254. The van der Waals surface area contributed by atoms with E-state index < -0.39 is 10.1 Å². The van der Waals surface area contributed by atoms with Crippen molar-refractivity contribution in [2.75, 3.05) is 0 Å². The monoisotopic (exact) mass is 467 g/mol. The normalized spacial score (nSPS) is 11.7. The Hall–Kier alpha value is -2.37. The molecule has 0 unspecified atom stereocenters. The van der Waals surface area contributed by atoms with Crippen LogP contribution in [0.4, 0.5) is 0 Å². The number of halogens is 2. The van der Waals surface area contributed by atoms with E-state index in [9.17, 15) is 8.42 Å². The summed E-state index contributed by atoms with van der Waals surface area (Å²) in [7, 11) is -4.31. The van der Waals surface area contributed by atoms with E-state index in [1.807, 2.05) is 19.1 Å². The van der Waals surface area contributed by atoms with Crippen LogP contribution in [0.25, 0.3) is 27.9 Å². The van der Waals surface area contributed by atoms with Crippen LogP contribution in [0, 0.1) is 6.92 Å². The molecule has 0 bridgehead atoms. The lowest BCUT2D eigenvalue weighted by Gasteiger charge is -2.07. The maximum atomic E-state index is 11.2. The Morgan fingerprint density at radius 2 is 1.86 bits per heavy atom. The molecule has 0 spiro atoms. The summed E-state index contributed by atoms with van der Waals surface area (Å²) in [6, 6.07) is 7.05. The maximum Gasteiger partial charge on any atom is 0.305 e. The average molecular weight is 468 g/mol. The summed E-state index contributed by atoms with van der Waals surface area (Å²) in [6.07, 6.45) is 4.21. The standard InChI is InChI=1S/C17H11Cl2N5O3S2/c1-9-4-13(10-2-3-11(18)12(19)5-10)23-17(22-9)24-7-14(21-8-24)16-20-6-15(28-16)29(25,26)27/h2-8H,1H3,(H,25,26,27). The molecule has 4 rings (SSSR count). The molecule has 12 heteroatoms. The molecule has 4 aromatic rings. The van der Waals surface area contributed by atoms with Crippen molar-refractivity contribution in [1.29, 1.82) is 0 Å². The van der Waals surface area contributed by atoms with Gasteiger partial charge in [-0.05, 0) is 25.1 Å². The molecule has 0 aliphatic heterocycles. The molecule has 0 atom stereocenters. The van der Waals surface area contributed by atoms with Gasteiger partial charge in [0, 0.05) is 17.5 Å². The molecular formula is C17H11Cl2N5O3S2. The first kappa shape index (κ1) is 19.9. The molecule has 1 aromatic carbocycles.